The summed E-state index contributed by atoms with van der Waals surface area (Å²) in [7, 11) is 0. The first-order valence-electron chi connectivity index (χ1n) is 6.77. The standard InChI is InChI=1S/C17H17Br2F/c1-3-11-5-6-13(9-12(11)4-2)17(19)15-10-14(18)7-8-16(15)20/h5-10,17H,3-4H2,1-2H3. The predicted octanol–water partition coefficient (Wildman–Crippen LogP) is 6.20. The Morgan fingerprint density at radius 1 is 1.00 bits per heavy atom. The van der Waals surface area contributed by atoms with Gasteiger partial charge in [0.25, 0.3) is 0 Å². The fourth-order valence-corrected chi connectivity index (χ4v) is 3.38. The van der Waals surface area contributed by atoms with E-state index in [1.807, 2.05) is 6.07 Å². The summed E-state index contributed by atoms with van der Waals surface area (Å²) < 4.78 is 14.9. The second-order valence-electron chi connectivity index (χ2n) is 4.76. The monoisotopic (exact) mass is 398 g/mol. The second kappa shape index (κ2) is 6.86. The Labute approximate surface area is 136 Å². The van der Waals surface area contributed by atoms with E-state index >= 15 is 0 Å². The first-order chi connectivity index (χ1) is 9.56. The topological polar surface area (TPSA) is 0 Å². The van der Waals surface area contributed by atoms with E-state index in [0.717, 1.165) is 22.9 Å². The zero-order chi connectivity index (χ0) is 14.7. The molecule has 0 aliphatic heterocycles. The molecule has 0 amide bonds. The minimum Gasteiger partial charge on any atom is -0.207 e. The lowest BCUT2D eigenvalue weighted by Gasteiger charge is -2.15. The molecule has 2 aromatic carbocycles. The van der Waals surface area contributed by atoms with Crippen LogP contribution in [-0.2, 0) is 12.8 Å². The molecule has 0 aliphatic rings. The molecule has 0 aromatic heterocycles. The van der Waals surface area contributed by atoms with Crippen molar-refractivity contribution in [2.24, 2.45) is 0 Å². The van der Waals surface area contributed by atoms with E-state index in [2.05, 4.69) is 63.9 Å². The molecule has 3 heteroatoms. The number of alkyl halides is 1. The Balaban J connectivity index is 2.42. The molecule has 1 atom stereocenters. The van der Waals surface area contributed by atoms with Crippen LogP contribution in [0.15, 0.2) is 40.9 Å². The van der Waals surface area contributed by atoms with Gasteiger partial charge < -0.3 is 0 Å². The fourth-order valence-electron chi connectivity index (χ4n) is 2.37. The smallest absolute Gasteiger partial charge is 0.127 e. The van der Waals surface area contributed by atoms with Crippen LogP contribution in [-0.4, -0.2) is 0 Å². The predicted molar refractivity (Wildman–Crippen MR) is 90.1 cm³/mol. The number of hydrogen-bond acceptors (Lipinski definition) is 0. The molecule has 0 N–H and O–H groups in total. The van der Waals surface area contributed by atoms with Crippen molar-refractivity contribution in [3.63, 3.8) is 0 Å². The van der Waals surface area contributed by atoms with Gasteiger partial charge in [0.2, 0.25) is 0 Å². The van der Waals surface area contributed by atoms with Crippen molar-refractivity contribution in [1.29, 1.82) is 0 Å². The summed E-state index contributed by atoms with van der Waals surface area (Å²) in [5.74, 6) is -0.187. The molecule has 0 heterocycles. The van der Waals surface area contributed by atoms with Gasteiger partial charge in [0.1, 0.15) is 5.82 Å². The van der Waals surface area contributed by atoms with Crippen molar-refractivity contribution >= 4 is 31.9 Å². The zero-order valence-electron chi connectivity index (χ0n) is 11.6. The summed E-state index contributed by atoms with van der Waals surface area (Å²) in [6.45, 7) is 4.31. The molecular weight excluding hydrogens is 383 g/mol. The van der Waals surface area contributed by atoms with E-state index in [1.54, 1.807) is 6.07 Å². The van der Waals surface area contributed by atoms with Crippen LogP contribution in [0.5, 0.6) is 0 Å². The maximum atomic E-state index is 14.0. The highest BCUT2D eigenvalue weighted by molar-refractivity contribution is 9.10. The van der Waals surface area contributed by atoms with Crippen molar-refractivity contribution in [2.75, 3.05) is 0 Å². The number of hydrogen-bond donors (Lipinski definition) is 0. The van der Waals surface area contributed by atoms with E-state index in [4.69, 9.17) is 0 Å². The molecule has 0 spiro atoms. The van der Waals surface area contributed by atoms with Crippen LogP contribution in [0.4, 0.5) is 4.39 Å². The molecule has 0 radical (unpaired) electrons. The lowest BCUT2D eigenvalue weighted by molar-refractivity contribution is 0.613. The summed E-state index contributed by atoms with van der Waals surface area (Å²) >= 11 is 7.03. The normalized spacial score (nSPS) is 12.4. The first-order valence-corrected chi connectivity index (χ1v) is 8.48. The van der Waals surface area contributed by atoms with Gasteiger partial charge in [0, 0.05) is 10.0 Å². The lowest BCUT2D eigenvalue weighted by Crippen LogP contribution is -2.00. The molecule has 0 saturated carbocycles. The minimum atomic E-state index is -0.187. The largest absolute Gasteiger partial charge is 0.207 e. The summed E-state index contributed by atoms with van der Waals surface area (Å²) in [4.78, 5) is -0.129. The van der Waals surface area contributed by atoms with Crippen LogP contribution in [0.25, 0.3) is 0 Å². The van der Waals surface area contributed by atoms with Crippen LogP contribution in [0.1, 0.15) is 40.9 Å². The average molecular weight is 400 g/mol. The van der Waals surface area contributed by atoms with E-state index in [-0.39, 0.29) is 10.6 Å². The number of halogens is 3. The van der Waals surface area contributed by atoms with Gasteiger partial charge in [-0.2, -0.15) is 0 Å². The van der Waals surface area contributed by atoms with Crippen molar-refractivity contribution in [1.82, 2.24) is 0 Å². The van der Waals surface area contributed by atoms with E-state index in [1.165, 1.54) is 17.2 Å². The molecule has 0 nitrogen and oxygen atoms in total. The minimum absolute atomic E-state index is 0.129. The van der Waals surface area contributed by atoms with Gasteiger partial charge in [-0.15, -0.1) is 0 Å². The van der Waals surface area contributed by atoms with Gasteiger partial charge in [0.15, 0.2) is 0 Å². The number of aryl methyl sites for hydroxylation is 2. The van der Waals surface area contributed by atoms with E-state index in [0.29, 0.717) is 5.56 Å². The van der Waals surface area contributed by atoms with Gasteiger partial charge in [-0.05, 0) is 47.7 Å². The Kier molecular flexibility index (Phi) is 5.39. The van der Waals surface area contributed by atoms with Crippen molar-refractivity contribution in [3.8, 4) is 0 Å². The van der Waals surface area contributed by atoms with Gasteiger partial charge in [-0.1, -0.05) is 63.9 Å². The molecule has 2 aromatic rings. The van der Waals surface area contributed by atoms with Gasteiger partial charge >= 0.3 is 0 Å². The fraction of sp³-hybridized carbons (Fsp3) is 0.294. The second-order valence-corrected chi connectivity index (χ2v) is 6.59. The van der Waals surface area contributed by atoms with Crippen LogP contribution in [0, 0.1) is 5.82 Å². The lowest BCUT2D eigenvalue weighted by atomic mass is 9.96. The van der Waals surface area contributed by atoms with Gasteiger partial charge in [0.05, 0.1) is 4.83 Å². The van der Waals surface area contributed by atoms with Crippen LogP contribution in [0.3, 0.4) is 0 Å². The summed E-state index contributed by atoms with van der Waals surface area (Å²) in [6.07, 6.45) is 2.03. The van der Waals surface area contributed by atoms with Gasteiger partial charge in [-0.3, -0.25) is 0 Å². The van der Waals surface area contributed by atoms with Gasteiger partial charge in [-0.25, -0.2) is 4.39 Å². The molecule has 106 valence electrons. The quantitative estimate of drug-likeness (QED) is 0.537. The summed E-state index contributed by atoms with van der Waals surface area (Å²) in [6, 6.07) is 11.5. The maximum Gasteiger partial charge on any atom is 0.127 e. The van der Waals surface area contributed by atoms with Crippen molar-refractivity contribution < 1.29 is 4.39 Å². The maximum absolute atomic E-state index is 14.0. The van der Waals surface area contributed by atoms with E-state index < -0.39 is 0 Å². The Hall–Kier alpha value is -0.670. The van der Waals surface area contributed by atoms with Crippen molar-refractivity contribution in [3.05, 3.63) is 68.9 Å². The van der Waals surface area contributed by atoms with Crippen LogP contribution < -0.4 is 0 Å². The first kappa shape index (κ1) is 15.7. The highest BCUT2D eigenvalue weighted by Gasteiger charge is 2.16. The summed E-state index contributed by atoms with van der Waals surface area (Å²) in [5, 5.41) is 0. The average Bonchev–Trinajstić information content (AvgIpc) is 2.48. The van der Waals surface area contributed by atoms with Crippen molar-refractivity contribution in [2.45, 2.75) is 31.5 Å². The SMILES string of the molecule is CCc1ccc(C(Br)c2cc(Br)ccc2F)cc1CC. The third kappa shape index (κ3) is 3.32. The van der Waals surface area contributed by atoms with Crippen LogP contribution in [0.2, 0.25) is 0 Å². The molecule has 1 unspecified atom stereocenters. The molecule has 0 bridgehead atoms. The highest BCUT2D eigenvalue weighted by atomic mass is 79.9. The molecule has 0 saturated heterocycles. The third-order valence-corrected chi connectivity index (χ3v) is 5.03. The Bertz CT molecular complexity index is 608. The Morgan fingerprint density at radius 2 is 1.70 bits per heavy atom. The summed E-state index contributed by atoms with van der Waals surface area (Å²) in [5.41, 5.74) is 4.46. The zero-order valence-corrected chi connectivity index (χ0v) is 14.8. The highest BCUT2D eigenvalue weighted by Crippen LogP contribution is 2.35. The molecule has 0 fully saturated rings. The number of benzene rings is 2. The molecular formula is C17H17Br2F. The molecule has 0 aliphatic carbocycles. The molecule has 2 rings (SSSR count). The molecule has 20 heavy (non-hydrogen) atoms. The third-order valence-electron chi connectivity index (χ3n) is 3.52. The van der Waals surface area contributed by atoms with E-state index in [9.17, 15) is 4.39 Å². The Morgan fingerprint density at radius 3 is 2.35 bits per heavy atom. The van der Waals surface area contributed by atoms with Crippen LogP contribution >= 0.6 is 31.9 Å². The number of rotatable bonds is 4.